The van der Waals surface area contributed by atoms with E-state index < -0.39 is 24.6 Å². The van der Waals surface area contributed by atoms with Crippen LogP contribution in [0.5, 0.6) is 0 Å². The fourth-order valence-electron chi connectivity index (χ4n) is 1.62. The van der Waals surface area contributed by atoms with Crippen LogP contribution in [0.25, 0.3) is 0 Å². The van der Waals surface area contributed by atoms with Crippen LogP contribution < -0.4 is 5.73 Å². The zero-order valence-electron chi connectivity index (χ0n) is 7.38. The lowest BCUT2D eigenvalue weighted by molar-refractivity contribution is -0.182. The summed E-state index contributed by atoms with van der Waals surface area (Å²) in [6, 6.07) is 0. The maximum absolute atomic E-state index is 12.4. The summed E-state index contributed by atoms with van der Waals surface area (Å²) in [5.74, 6) is -2.84. The maximum Gasteiger partial charge on any atom is 0.393 e. The van der Waals surface area contributed by atoms with Gasteiger partial charge in [0.05, 0.1) is 5.92 Å². The third-order valence-corrected chi connectivity index (χ3v) is 2.44. The molecule has 1 fully saturated rings. The number of aliphatic hydroxyl groups excluding tert-OH is 1. The monoisotopic (exact) mass is 211 g/mol. The lowest BCUT2D eigenvalue weighted by atomic mass is 9.97. The zero-order valence-corrected chi connectivity index (χ0v) is 7.38. The number of guanidine groups is 1. The highest BCUT2D eigenvalue weighted by Gasteiger charge is 2.49. The first kappa shape index (κ1) is 11.1. The first-order chi connectivity index (χ1) is 6.36. The molecule has 14 heavy (non-hydrogen) atoms. The Morgan fingerprint density at radius 1 is 1.50 bits per heavy atom. The number of hydrogen-bond donors (Lipinski definition) is 3. The van der Waals surface area contributed by atoms with Gasteiger partial charge in [0.25, 0.3) is 0 Å². The summed E-state index contributed by atoms with van der Waals surface area (Å²) in [5, 5.41) is 15.8. The van der Waals surface area contributed by atoms with Gasteiger partial charge in [-0.1, -0.05) is 0 Å². The lowest BCUT2D eigenvalue weighted by Crippen LogP contribution is -2.36. The van der Waals surface area contributed by atoms with E-state index in [1.807, 2.05) is 0 Å². The molecule has 1 heterocycles. The molecule has 0 bridgehead atoms. The van der Waals surface area contributed by atoms with Crippen LogP contribution in [-0.4, -0.2) is 41.8 Å². The fraction of sp³-hybridized carbons (Fsp3) is 0.857. The van der Waals surface area contributed by atoms with Gasteiger partial charge in [0.15, 0.2) is 5.96 Å². The maximum atomic E-state index is 12.4. The van der Waals surface area contributed by atoms with Gasteiger partial charge in [0.1, 0.15) is 0 Å². The van der Waals surface area contributed by atoms with E-state index in [2.05, 4.69) is 0 Å². The van der Waals surface area contributed by atoms with E-state index in [9.17, 15) is 13.2 Å². The molecule has 0 aliphatic carbocycles. The molecule has 0 radical (unpaired) electrons. The van der Waals surface area contributed by atoms with Crippen LogP contribution in [0.2, 0.25) is 0 Å². The number of nitrogens with one attached hydrogen (secondary N) is 1. The number of hydrogen-bond acceptors (Lipinski definition) is 2. The second kappa shape index (κ2) is 3.64. The molecule has 0 amide bonds. The molecule has 0 spiro atoms. The van der Waals surface area contributed by atoms with Crippen LogP contribution in [0.15, 0.2) is 0 Å². The van der Waals surface area contributed by atoms with Gasteiger partial charge in [-0.25, -0.2) is 0 Å². The lowest BCUT2D eigenvalue weighted by Gasteiger charge is -2.18. The van der Waals surface area contributed by atoms with E-state index in [1.54, 1.807) is 0 Å². The summed E-state index contributed by atoms with van der Waals surface area (Å²) < 4.78 is 37.2. The minimum atomic E-state index is -4.34. The number of rotatable bonds is 1. The normalized spacial score (nSPS) is 28.1. The minimum Gasteiger partial charge on any atom is -0.396 e. The standard InChI is InChI=1S/C7H12F3N3O/c8-7(9,10)5-2-13(6(11)12)1-4(5)3-14/h4-5,14H,1-3H2,(H3,11,12)/t4-,5-/m0/s1. The van der Waals surface area contributed by atoms with Gasteiger partial charge >= 0.3 is 6.18 Å². The van der Waals surface area contributed by atoms with Crippen molar-refractivity contribution in [1.82, 2.24) is 4.90 Å². The van der Waals surface area contributed by atoms with Crippen molar-refractivity contribution in [2.45, 2.75) is 6.18 Å². The van der Waals surface area contributed by atoms with Gasteiger partial charge in [-0.15, -0.1) is 0 Å². The van der Waals surface area contributed by atoms with Gasteiger partial charge in [-0.2, -0.15) is 13.2 Å². The number of alkyl halides is 3. The van der Waals surface area contributed by atoms with Crippen LogP contribution in [0, 0.1) is 17.2 Å². The highest BCUT2D eigenvalue weighted by atomic mass is 19.4. The van der Waals surface area contributed by atoms with Crippen molar-refractivity contribution in [3.8, 4) is 0 Å². The average Bonchev–Trinajstić information content (AvgIpc) is 2.46. The molecule has 82 valence electrons. The number of halogens is 3. The molecular weight excluding hydrogens is 199 g/mol. The molecule has 4 N–H and O–H groups in total. The van der Waals surface area contributed by atoms with Gasteiger partial charge in [-0.3, -0.25) is 5.41 Å². The third kappa shape index (κ3) is 2.09. The summed E-state index contributed by atoms with van der Waals surface area (Å²) >= 11 is 0. The molecular formula is C7H12F3N3O. The van der Waals surface area contributed by atoms with Crippen LogP contribution in [0.3, 0.4) is 0 Å². The van der Waals surface area contributed by atoms with Crippen molar-refractivity contribution >= 4 is 5.96 Å². The van der Waals surface area contributed by atoms with E-state index in [4.69, 9.17) is 16.2 Å². The number of likely N-dealkylation sites (tertiary alicyclic amines) is 1. The quantitative estimate of drug-likeness (QED) is 0.421. The van der Waals surface area contributed by atoms with Gasteiger partial charge in [-0.05, 0) is 0 Å². The molecule has 1 saturated heterocycles. The van der Waals surface area contributed by atoms with Crippen LogP contribution >= 0.6 is 0 Å². The molecule has 1 aliphatic heterocycles. The first-order valence-electron chi connectivity index (χ1n) is 4.12. The van der Waals surface area contributed by atoms with Crippen molar-refractivity contribution in [3.63, 3.8) is 0 Å². The second-order valence-corrected chi connectivity index (χ2v) is 3.38. The SMILES string of the molecule is N=C(N)N1C[C@@H](CO)[C@@H](C(F)(F)F)C1. The molecule has 1 aliphatic rings. The molecule has 7 heteroatoms. The zero-order chi connectivity index (χ0) is 10.9. The molecule has 0 aromatic heterocycles. The Morgan fingerprint density at radius 3 is 2.36 bits per heavy atom. The number of nitrogens with zero attached hydrogens (tertiary/aromatic N) is 1. The Bertz CT molecular complexity index is 231. The molecule has 0 aromatic rings. The van der Waals surface area contributed by atoms with E-state index in [0.29, 0.717) is 0 Å². The second-order valence-electron chi connectivity index (χ2n) is 3.38. The van der Waals surface area contributed by atoms with Gasteiger partial charge in [0.2, 0.25) is 0 Å². The Hall–Kier alpha value is -0.980. The molecule has 4 nitrogen and oxygen atoms in total. The van der Waals surface area contributed by atoms with Crippen LogP contribution in [0.1, 0.15) is 0 Å². The Labute approximate surface area is 79.0 Å². The van der Waals surface area contributed by atoms with Crippen LogP contribution in [0.4, 0.5) is 13.2 Å². The van der Waals surface area contributed by atoms with Crippen molar-refractivity contribution in [3.05, 3.63) is 0 Å². The van der Waals surface area contributed by atoms with E-state index in [1.165, 1.54) is 0 Å². The summed E-state index contributed by atoms with van der Waals surface area (Å²) in [7, 11) is 0. The molecule has 0 unspecified atom stereocenters. The molecule has 0 aromatic carbocycles. The minimum absolute atomic E-state index is 0.00396. The van der Waals surface area contributed by atoms with E-state index in [-0.39, 0.29) is 19.0 Å². The predicted molar refractivity (Wildman–Crippen MR) is 43.6 cm³/mol. The van der Waals surface area contributed by atoms with Crippen molar-refractivity contribution in [2.24, 2.45) is 17.6 Å². The highest BCUT2D eigenvalue weighted by molar-refractivity contribution is 5.74. The molecule has 1 rings (SSSR count). The van der Waals surface area contributed by atoms with Gasteiger partial charge in [0, 0.05) is 25.6 Å². The van der Waals surface area contributed by atoms with Crippen LogP contribution in [-0.2, 0) is 0 Å². The first-order valence-corrected chi connectivity index (χ1v) is 4.12. The summed E-state index contributed by atoms with van der Waals surface area (Å²) in [6.45, 7) is -0.867. The highest BCUT2D eigenvalue weighted by Crippen LogP contribution is 2.36. The number of aliphatic hydroxyl groups is 1. The molecule has 2 atom stereocenters. The van der Waals surface area contributed by atoms with Crippen molar-refractivity contribution < 1.29 is 18.3 Å². The van der Waals surface area contributed by atoms with E-state index >= 15 is 0 Å². The Balaban J connectivity index is 2.73. The summed E-state index contributed by atoms with van der Waals surface area (Å²) in [4.78, 5) is 1.12. The number of nitrogens with two attached hydrogens (primary N) is 1. The summed E-state index contributed by atoms with van der Waals surface area (Å²) in [5.41, 5.74) is 5.08. The Morgan fingerprint density at radius 2 is 2.07 bits per heavy atom. The smallest absolute Gasteiger partial charge is 0.393 e. The molecule has 0 saturated carbocycles. The van der Waals surface area contributed by atoms with Crippen molar-refractivity contribution in [1.29, 1.82) is 5.41 Å². The third-order valence-electron chi connectivity index (χ3n) is 2.44. The average molecular weight is 211 g/mol. The Kier molecular flexibility index (Phi) is 2.89. The fourth-order valence-corrected chi connectivity index (χ4v) is 1.62. The van der Waals surface area contributed by atoms with Gasteiger partial charge < -0.3 is 15.7 Å². The van der Waals surface area contributed by atoms with Crippen molar-refractivity contribution in [2.75, 3.05) is 19.7 Å². The largest absolute Gasteiger partial charge is 0.396 e. The summed E-state index contributed by atoms with van der Waals surface area (Å²) in [6.07, 6.45) is -4.34. The van der Waals surface area contributed by atoms with E-state index in [0.717, 1.165) is 4.90 Å². The predicted octanol–water partition coefficient (Wildman–Crippen LogP) is -0.0175. The topological polar surface area (TPSA) is 73.3 Å².